The van der Waals surface area contributed by atoms with E-state index in [4.69, 9.17) is 25.8 Å². The van der Waals surface area contributed by atoms with E-state index in [9.17, 15) is 9.59 Å². The average Bonchev–Trinajstić information content (AvgIpc) is 3.34. The molecule has 1 atom stereocenters. The van der Waals surface area contributed by atoms with Crippen molar-refractivity contribution in [1.29, 1.82) is 0 Å². The molecule has 1 unspecified atom stereocenters. The topological polar surface area (TPSA) is 78.0 Å². The Kier molecular flexibility index (Phi) is 7.56. The van der Waals surface area contributed by atoms with Crippen molar-refractivity contribution in [3.05, 3.63) is 77.4 Å². The predicted octanol–water partition coefficient (Wildman–Crippen LogP) is 4.89. The van der Waals surface area contributed by atoms with Crippen LogP contribution in [0.1, 0.15) is 23.7 Å². The molecular weight excluding hydrogens is 468 g/mol. The van der Waals surface area contributed by atoms with Gasteiger partial charge in [-0.15, -0.1) is 0 Å². The molecule has 8 heteroatoms. The van der Waals surface area contributed by atoms with Gasteiger partial charge in [-0.2, -0.15) is 0 Å². The van der Waals surface area contributed by atoms with Crippen molar-refractivity contribution in [2.24, 2.45) is 5.41 Å². The van der Waals surface area contributed by atoms with Crippen molar-refractivity contribution in [2.75, 3.05) is 33.4 Å². The van der Waals surface area contributed by atoms with E-state index in [-0.39, 0.29) is 31.6 Å². The molecule has 182 valence electrons. The van der Waals surface area contributed by atoms with Crippen LogP contribution in [0, 0.1) is 5.41 Å². The molecule has 0 radical (unpaired) electrons. The average molecular weight is 495 g/mol. The first kappa shape index (κ1) is 24.5. The number of carbonyl (C=O) groups is 2. The summed E-state index contributed by atoms with van der Waals surface area (Å²) < 4.78 is 16.7. The van der Waals surface area contributed by atoms with Gasteiger partial charge in [0.05, 0.1) is 31.2 Å². The minimum absolute atomic E-state index is 0.0729. The third-order valence-electron chi connectivity index (χ3n) is 6.08. The number of ether oxygens (including phenoxy) is 3. The van der Waals surface area contributed by atoms with E-state index in [2.05, 4.69) is 4.98 Å². The quantitative estimate of drug-likeness (QED) is 0.415. The number of hydrogen-bond acceptors (Lipinski definition) is 6. The maximum atomic E-state index is 13.2. The molecule has 1 fully saturated rings. The number of nitrogens with zero attached hydrogens (tertiary/aromatic N) is 2. The monoisotopic (exact) mass is 494 g/mol. The molecule has 1 aliphatic rings. The summed E-state index contributed by atoms with van der Waals surface area (Å²) >= 11 is 5.96. The molecule has 2 heterocycles. The molecule has 35 heavy (non-hydrogen) atoms. The van der Waals surface area contributed by atoms with Crippen LogP contribution in [-0.4, -0.2) is 55.2 Å². The zero-order valence-electron chi connectivity index (χ0n) is 19.7. The van der Waals surface area contributed by atoms with E-state index in [0.717, 1.165) is 11.3 Å². The lowest BCUT2D eigenvalue weighted by atomic mass is 9.88. The van der Waals surface area contributed by atoms with Gasteiger partial charge < -0.3 is 19.1 Å². The fourth-order valence-corrected chi connectivity index (χ4v) is 4.27. The highest BCUT2D eigenvalue weighted by Gasteiger charge is 2.48. The maximum absolute atomic E-state index is 13.2. The summed E-state index contributed by atoms with van der Waals surface area (Å²) in [6.45, 7) is 2.69. The van der Waals surface area contributed by atoms with Crippen molar-refractivity contribution >= 4 is 23.5 Å². The molecule has 0 saturated carbocycles. The number of esters is 1. The summed E-state index contributed by atoms with van der Waals surface area (Å²) in [5.41, 5.74) is 1.20. The van der Waals surface area contributed by atoms with E-state index in [1.807, 2.05) is 42.5 Å². The molecular formula is C27H27ClN2O5. The number of methoxy groups -OCH3 is 1. The maximum Gasteiger partial charge on any atom is 0.317 e. The first-order valence-corrected chi connectivity index (χ1v) is 11.8. The van der Waals surface area contributed by atoms with Gasteiger partial charge in [0.25, 0.3) is 5.91 Å². The summed E-state index contributed by atoms with van der Waals surface area (Å²) in [6.07, 6.45) is 2.05. The van der Waals surface area contributed by atoms with Crippen LogP contribution < -0.4 is 9.47 Å². The second kappa shape index (κ2) is 10.8. The van der Waals surface area contributed by atoms with Crippen molar-refractivity contribution in [3.8, 4) is 22.8 Å². The first-order valence-electron chi connectivity index (χ1n) is 11.4. The lowest BCUT2D eigenvalue weighted by Crippen LogP contribution is -2.42. The molecule has 3 aromatic rings. The predicted molar refractivity (Wildman–Crippen MR) is 133 cm³/mol. The van der Waals surface area contributed by atoms with Gasteiger partial charge in [0.1, 0.15) is 23.5 Å². The van der Waals surface area contributed by atoms with Gasteiger partial charge in [0, 0.05) is 23.7 Å². The zero-order chi connectivity index (χ0) is 24.8. The summed E-state index contributed by atoms with van der Waals surface area (Å²) in [6, 6.07) is 18.1. The molecule has 0 bridgehead atoms. The highest BCUT2D eigenvalue weighted by Crippen LogP contribution is 2.35. The van der Waals surface area contributed by atoms with E-state index >= 15 is 0 Å². The number of pyridine rings is 1. The Labute approximate surface area is 209 Å². The minimum Gasteiger partial charge on any atom is -0.496 e. The fourth-order valence-electron chi connectivity index (χ4n) is 4.14. The summed E-state index contributed by atoms with van der Waals surface area (Å²) in [5.74, 6) is 0.457. The van der Waals surface area contributed by atoms with Gasteiger partial charge in [-0.25, -0.2) is 0 Å². The Morgan fingerprint density at radius 1 is 1.09 bits per heavy atom. The molecule has 2 aromatic carbocycles. The molecule has 0 spiro atoms. The Morgan fingerprint density at radius 2 is 1.86 bits per heavy atom. The Balaban J connectivity index is 1.48. The summed E-state index contributed by atoms with van der Waals surface area (Å²) in [4.78, 5) is 32.3. The highest BCUT2D eigenvalue weighted by molar-refractivity contribution is 6.30. The third kappa shape index (κ3) is 5.41. The Morgan fingerprint density at radius 3 is 2.54 bits per heavy atom. The van der Waals surface area contributed by atoms with E-state index in [1.54, 1.807) is 36.2 Å². The van der Waals surface area contributed by atoms with Crippen LogP contribution in [-0.2, 0) is 9.53 Å². The second-order valence-corrected chi connectivity index (χ2v) is 8.79. The third-order valence-corrected chi connectivity index (χ3v) is 6.33. The molecule has 1 saturated heterocycles. The van der Waals surface area contributed by atoms with Crippen LogP contribution in [0.25, 0.3) is 11.3 Å². The molecule has 1 aliphatic heterocycles. The lowest BCUT2D eigenvalue weighted by molar-refractivity contribution is -0.156. The molecule has 0 aliphatic carbocycles. The summed E-state index contributed by atoms with van der Waals surface area (Å²) in [5, 5.41) is 0.660. The SMILES string of the molecule is CCOC(=O)C1(COc2ccc(-c3ccc(Cl)cc3)nc2)CCN(C(=O)c2ccccc2OC)C1. The number of hydrogen-bond donors (Lipinski definition) is 0. The zero-order valence-corrected chi connectivity index (χ0v) is 20.5. The number of benzene rings is 2. The van der Waals surface area contributed by atoms with Gasteiger partial charge >= 0.3 is 5.97 Å². The molecule has 7 nitrogen and oxygen atoms in total. The van der Waals surface area contributed by atoms with Crippen LogP contribution >= 0.6 is 11.6 Å². The standard InChI is InChI=1S/C27H27ClN2O5/c1-3-34-26(32)27(14-15-30(17-27)25(31)22-6-4-5-7-24(22)33-2)18-35-21-12-13-23(29-16-21)19-8-10-20(28)11-9-19/h4-13,16H,3,14-15,17-18H2,1-2H3. The first-order chi connectivity index (χ1) is 17.0. The lowest BCUT2D eigenvalue weighted by Gasteiger charge is -2.27. The van der Waals surface area contributed by atoms with Gasteiger partial charge in [0.15, 0.2) is 0 Å². The molecule has 1 aromatic heterocycles. The smallest absolute Gasteiger partial charge is 0.317 e. The number of amides is 1. The van der Waals surface area contributed by atoms with E-state index in [1.165, 1.54) is 7.11 Å². The largest absolute Gasteiger partial charge is 0.496 e. The van der Waals surface area contributed by atoms with E-state index < -0.39 is 5.41 Å². The van der Waals surface area contributed by atoms with Gasteiger partial charge in [-0.1, -0.05) is 35.9 Å². The van der Waals surface area contributed by atoms with Crippen LogP contribution in [0.3, 0.4) is 0 Å². The number of carbonyl (C=O) groups excluding carboxylic acids is 2. The van der Waals surface area contributed by atoms with Crippen LogP contribution in [0.15, 0.2) is 66.9 Å². The highest BCUT2D eigenvalue weighted by atomic mass is 35.5. The Hall–Kier alpha value is -3.58. The van der Waals surface area contributed by atoms with Crippen LogP contribution in [0.5, 0.6) is 11.5 Å². The number of halogens is 1. The van der Waals surface area contributed by atoms with E-state index in [0.29, 0.717) is 35.1 Å². The van der Waals surface area contributed by atoms with Gasteiger partial charge in [-0.05, 0) is 49.7 Å². The molecule has 1 amide bonds. The summed E-state index contributed by atoms with van der Waals surface area (Å²) in [7, 11) is 1.53. The van der Waals surface area contributed by atoms with Crippen molar-refractivity contribution in [3.63, 3.8) is 0 Å². The fraction of sp³-hybridized carbons (Fsp3) is 0.296. The van der Waals surface area contributed by atoms with Crippen molar-refractivity contribution in [2.45, 2.75) is 13.3 Å². The second-order valence-electron chi connectivity index (χ2n) is 8.35. The Bertz CT molecular complexity index is 1180. The van der Waals surface area contributed by atoms with Gasteiger partial charge in [0.2, 0.25) is 0 Å². The number of aromatic nitrogens is 1. The number of rotatable bonds is 8. The van der Waals surface area contributed by atoms with Crippen LogP contribution in [0.4, 0.5) is 0 Å². The van der Waals surface area contributed by atoms with Crippen molar-refractivity contribution < 1.29 is 23.8 Å². The van der Waals surface area contributed by atoms with Crippen molar-refractivity contribution in [1.82, 2.24) is 9.88 Å². The molecule has 4 rings (SSSR count). The van der Waals surface area contributed by atoms with Crippen LogP contribution in [0.2, 0.25) is 5.02 Å². The number of likely N-dealkylation sites (tertiary alicyclic amines) is 1. The number of para-hydroxylation sites is 1. The normalized spacial score (nSPS) is 17.2. The minimum atomic E-state index is -0.970. The van der Waals surface area contributed by atoms with Gasteiger partial charge in [-0.3, -0.25) is 14.6 Å². The molecule has 0 N–H and O–H groups in total.